The third kappa shape index (κ3) is 3.79. The molecular weight excluding hydrogens is 312 g/mol. The first-order valence-corrected chi connectivity index (χ1v) is 8.58. The van der Waals surface area contributed by atoms with Crippen molar-refractivity contribution in [2.24, 2.45) is 0 Å². The number of fused-ring (bicyclic) bond motifs is 1. The maximum absolute atomic E-state index is 12.2. The van der Waals surface area contributed by atoms with E-state index in [0.29, 0.717) is 26.1 Å². The van der Waals surface area contributed by atoms with Crippen molar-refractivity contribution in [3.05, 3.63) is 40.3 Å². The van der Waals surface area contributed by atoms with Crippen LogP contribution in [0.1, 0.15) is 30.0 Å². The number of nitrogens with zero attached hydrogens (tertiary/aromatic N) is 3. The van der Waals surface area contributed by atoms with Crippen molar-refractivity contribution in [3.63, 3.8) is 0 Å². The third-order valence-corrected chi connectivity index (χ3v) is 4.96. The normalized spacial score (nSPS) is 16.9. The zero-order valence-electron chi connectivity index (χ0n) is 13.1. The summed E-state index contributed by atoms with van der Waals surface area (Å²) in [7, 11) is 0. The highest BCUT2D eigenvalue weighted by Gasteiger charge is 2.28. The first kappa shape index (κ1) is 15.7. The van der Waals surface area contributed by atoms with Crippen molar-refractivity contribution in [1.29, 1.82) is 0 Å². The van der Waals surface area contributed by atoms with Gasteiger partial charge in [0.1, 0.15) is 0 Å². The highest BCUT2D eigenvalue weighted by Crippen LogP contribution is 2.22. The molecule has 23 heavy (non-hydrogen) atoms. The highest BCUT2D eigenvalue weighted by atomic mass is 32.1. The molecule has 1 aliphatic heterocycles. The van der Waals surface area contributed by atoms with Crippen LogP contribution in [0.3, 0.4) is 0 Å². The molecular formula is C16H20N4O2S. The Hall–Kier alpha value is -2.15. The lowest BCUT2D eigenvalue weighted by Crippen LogP contribution is -2.42. The average molecular weight is 332 g/mol. The number of rotatable bonds is 5. The molecule has 3 rings (SSSR count). The Bertz CT molecular complexity index is 680. The van der Waals surface area contributed by atoms with E-state index in [9.17, 15) is 9.59 Å². The molecule has 0 bridgehead atoms. The standard InChI is InChI=1S/C16H20N4O2S/c1-12(21)19-10-13-4-7-18-20(13)14(11-19)9-16(22)17-6-5-15-3-2-8-23-15/h2-4,7-8,14H,5-6,9-11H2,1H3,(H,17,22). The molecule has 0 saturated heterocycles. The van der Waals surface area contributed by atoms with E-state index in [-0.39, 0.29) is 17.9 Å². The Labute approximate surface area is 139 Å². The molecule has 0 saturated carbocycles. The van der Waals surface area contributed by atoms with Crippen molar-refractivity contribution in [2.75, 3.05) is 13.1 Å². The van der Waals surface area contributed by atoms with Crippen LogP contribution < -0.4 is 5.32 Å². The van der Waals surface area contributed by atoms with E-state index in [2.05, 4.69) is 16.5 Å². The van der Waals surface area contributed by atoms with Crippen LogP contribution in [-0.4, -0.2) is 39.6 Å². The van der Waals surface area contributed by atoms with Crippen molar-refractivity contribution < 1.29 is 9.59 Å². The van der Waals surface area contributed by atoms with E-state index in [0.717, 1.165) is 12.1 Å². The zero-order chi connectivity index (χ0) is 16.2. The Morgan fingerprint density at radius 2 is 2.30 bits per heavy atom. The number of aromatic nitrogens is 2. The number of nitrogens with one attached hydrogen (secondary N) is 1. The van der Waals surface area contributed by atoms with Gasteiger partial charge in [-0.3, -0.25) is 14.3 Å². The summed E-state index contributed by atoms with van der Waals surface area (Å²) in [6, 6.07) is 5.88. The summed E-state index contributed by atoms with van der Waals surface area (Å²) in [5.74, 6) is 0.0268. The quantitative estimate of drug-likeness (QED) is 0.904. The van der Waals surface area contributed by atoms with Gasteiger partial charge in [-0.25, -0.2) is 0 Å². The van der Waals surface area contributed by atoms with E-state index >= 15 is 0 Å². The number of carbonyl (C=O) groups excluding carboxylic acids is 2. The van der Waals surface area contributed by atoms with E-state index in [4.69, 9.17) is 0 Å². The molecule has 0 radical (unpaired) electrons. The van der Waals surface area contributed by atoms with Gasteiger partial charge in [0, 0.05) is 31.1 Å². The number of hydrogen-bond acceptors (Lipinski definition) is 4. The fraction of sp³-hybridized carbons (Fsp3) is 0.438. The van der Waals surface area contributed by atoms with Gasteiger partial charge in [-0.1, -0.05) is 6.07 Å². The van der Waals surface area contributed by atoms with Gasteiger partial charge in [0.15, 0.2) is 0 Å². The Morgan fingerprint density at radius 1 is 1.43 bits per heavy atom. The van der Waals surface area contributed by atoms with Crippen LogP contribution in [0, 0.1) is 0 Å². The highest BCUT2D eigenvalue weighted by molar-refractivity contribution is 7.09. The van der Waals surface area contributed by atoms with Crippen LogP contribution in [-0.2, 0) is 22.6 Å². The summed E-state index contributed by atoms with van der Waals surface area (Å²) < 4.78 is 1.87. The van der Waals surface area contributed by atoms with Crippen molar-refractivity contribution in [3.8, 4) is 0 Å². The second-order valence-electron chi connectivity index (χ2n) is 5.70. The molecule has 1 unspecified atom stereocenters. The molecule has 0 aliphatic carbocycles. The van der Waals surface area contributed by atoms with Crippen LogP contribution in [0.15, 0.2) is 29.8 Å². The monoisotopic (exact) mass is 332 g/mol. The summed E-state index contributed by atoms with van der Waals surface area (Å²) in [4.78, 5) is 26.9. The van der Waals surface area contributed by atoms with E-state index in [1.54, 1.807) is 29.4 Å². The Morgan fingerprint density at radius 3 is 3.04 bits per heavy atom. The fourth-order valence-electron chi connectivity index (χ4n) is 2.84. The minimum atomic E-state index is -0.0978. The van der Waals surface area contributed by atoms with Crippen LogP contribution in [0.25, 0.3) is 0 Å². The molecule has 2 aromatic rings. The smallest absolute Gasteiger partial charge is 0.222 e. The molecule has 3 heterocycles. The van der Waals surface area contributed by atoms with Crippen LogP contribution in [0.2, 0.25) is 0 Å². The largest absolute Gasteiger partial charge is 0.356 e. The average Bonchev–Trinajstić information content (AvgIpc) is 3.17. The van der Waals surface area contributed by atoms with Gasteiger partial charge < -0.3 is 10.2 Å². The second kappa shape index (κ2) is 6.95. The topological polar surface area (TPSA) is 67.2 Å². The molecule has 1 N–H and O–H groups in total. The minimum absolute atomic E-state index is 0.00147. The molecule has 2 amide bonds. The maximum atomic E-state index is 12.2. The lowest BCUT2D eigenvalue weighted by molar-refractivity contribution is -0.132. The van der Waals surface area contributed by atoms with Crippen molar-refractivity contribution in [1.82, 2.24) is 20.0 Å². The van der Waals surface area contributed by atoms with Gasteiger partial charge in [-0.05, 0) is 23.9 Å². The lowest BCUT2D eigenvalue weighted by atomic mass is 10.1. The van der Waals surface area contributed by atoms with Gasteiger partial charge in [-0.15, -0.1) is 11.3 Å². The third-order valence-electron chi connectivity index (χ3n) is 4.02. The number of thiophene rings is 1. The van der Waals surface area contributed by atoms with E-state index in [1.165, 1.54) is 4.88 Å². The SMILES string of the molecule is CC(=O)N1Cc2ccnn2C(CC(=O)NCCc2cccs2)C1. The summed E-state index contributed by atoms with van der Waals surface area (Å²) in [6.07, 6.45) is 2.91. The van der Waals surface area contributed by atoms with Crippen LogP contribution in [0.5, 0.6) is 0 Å². The zero-order valence-corrected chi connectivity index (χ0v) is 13.9. The summed E-state index contributed by atoms with van der Waals surface area (Å²) in [5, 5.41) is 9.30. The summed E-state index contributed by atoms with van der Waals surface area (Å²) in [6.45, 7) is 3.28. The molecule has 1 aliphatic rings. The molecule has 6 nitrogen and oxygen atoms in total. The van der Waals surface area contributed by atoms with Gasteiger partial charge >= 0.3 is 0 Å². The molecule has 122 valence electrons. The summed E-state index contributed by atoms with van der Waals surface area (Å²) in [5.41, 5.74) is 0.975. The van der Waals surface area contributed by atoms with E-state index in [1.807, 2.05) is 22.2 Å². The predicted molar refractivity (Wildman–Crippen MR) is 88.0 cm³/mol. The minimum Gasteiger partial charge on any atom is -0.356 e. The first-order valence-electron chi connectivity index (χ1n) is 7.70. The van der Waals surface area contributed by atoms with Gasteiger partial charge in [-0.2, -0.15) is 5.10 Å². The fourth-order valence-corrected chi connectivity index (χ4v) is 3.55. The number of carbonyl (C=O) groups is 2. The molecule has 7 heteroatoms. The van der Waals surface area contributed by atoms with Gasteiger partial charge in [0.25, 0.3) is 0 Å². The lowest BCUT2D eigenvalue weighted by Gasteiger charge is -2.33. The number of amides is 2. The molecule has 1 atom stereocenters. The Balaban J connectivity index is 1.56. The summed E-state index contributed by atoms with van der Waals surface area (Å²) >= 11 is 1.70. The van der Waals surface area contributed by atoms with E-state index < -0.39 is 0 Å². The second-order valence-corrected chi connectivity index (χ2v) is 6.74. The van der Waals surface area contributed by atoms with Crippen LogP contribution >= 0.6 is 11.3 Å². The molecule has 2 aromatic heterocycles. The Kier molecular flexibility index (Phi) is 4.76. The molecule has 0 aromatic carbocycles. The van der Waals surface area contributed by atoms with Gasteiger partial charge in [0.2, 0.25) is 11.8 Å². The van der Waals surface area contributed by atoms with Crippen molar-refractivity contribution in [2.45, 2.75) is 32.4 Å². The first-order chi connectivity index (χ1) is 11.1. The van der Waals surface area contributed by atoms with Crippen LogP contribution in [0.4, 0.5) is 0 Å². The van der Waals surface area contributed by atoms with Gasteiger partial charge in [0.05, 0.1) is 24.7 Å². The maximum Gasteiger partial charge on any atom is 0.222 e. The number of hydrogen-bond donors (Lipinski definition) is 1. The van der Waals surface area contributed by atoms with Crippen molar-refractivity contribution >= 4 is 23.2 Å². The predicted octanol–water partition coefficient (Wildman–Crippen LogP) is 1.60. The molecule has 0 fully saturated rings. The molecule has 0 spiro atoms.